The predicted molar refractivity (Wildman–Crippen MR) is 110 cm³/mol. The zero-order chi connectivity index (χ0) is 21.5. The van der Waals surface area contributed by atoms with Crippen molar-refractivity contribution in [1.29, 1.82) is 0 Å². The molecule has 2 aromatic carbocycles. The maximum absolute atomic E-state index is 13.5. The van der Waals surface area contributed by atoms with E-state index in [1.165, 1.54) is 17.4 Å². The minimum Gasteiger partial charge on any atom is -0.371 e. The molecule has 1 heterocycles. The van der Waals surface area contributed by atoms with Crippen LogP contribution in [0.2, 0.25) is 0 Å². The van der Waals surface area contributed by atoms with Crippen molar-refractivity contribution in [2.24, 2.45) is 0 Å². The number of hydrogen-bond donors (Lipinski definition) is 0. The molecule has 4 rings (SSSR count). The van der Waals surface area contributed by atoms with Gasteiger partial charge in [-0.3, -0.25) is 0 Å². The van der Waals surface area contributed by atoms with E-state index in [1.54, 1.807) is 0 Å². The van der Waals surface area contributed by atoms with E-state index in [0.717, 1.165) is 48.9 Å². The lowest BCUT2D eigenvalue weighted by molar-refractivity contribution is -0.137. The maximum Gasteiger partial charge on any atom is 0.416 e. The first-order valence-corrected chi connectivity index (χ1v) is 11.6. The van der Waals surface area contributed by atoms with Crippen molar-refractivity contribution in [2.75, 3.05) is 25.0 Å². The molecule has 4 nitrogen and oxygen atoms in total. The molecule has 1 saturated heterocycles. The van der Waals surface area contributed by atoms with Crippen LogP contribution in [0.1, 0.15) is 48.4 Å². The highest BCUT2D eigenvalue weighted by Gasteiger charge is 2.36. The highest BCUT2D eigenvalue weighted by Crippen LogP contribution is 2.39. The van der Waals surface area contributed by atoms with Crippen molar-refractivity contribution < 1.29 is 21.6 Å². The monoisotopic (exact) mass is 438 g/mol. The first-order chi connectivity index (χ1) is 14.2. The normalized spacial score (nSPS) is 19.9. The summed E-state index contributed by atoms with van der Waals surface area (Å²) in [6, 6.07) is 10.5. The zero-order valence-electron chi connectivity index (χ0n) is 16.8. The molecule has 0 bridgehead atoms. The summed E-state index contributed by atoms with van der Waals surface area (Å²) >= 11 is 0. The Kier molecular flexibility index (Phi) is 5.57. The molecule has 0 amide bonds. The topological polar surface area (TPSA) is 40.6 Å². The van der Waals surface area contributed by atoms with Crippen molar-refractivity contribution in [3.05, 3.63) is 59.2 Å². The standard InChI is InChI=1S/C22H25F3N2O2S/c1-26(21-10-6-8-16-7-2-3-9-20(16)21)30(28,29)19-14-17(22(23,24)25)13-18(15-19)27-11-4-5-12-27/h2-3,7,9,13-15,21H,4-6,8,10-12H2,1H3/t21-/m1/s1. The summed E-state index contributed by atoms with van der Waals surface area (Å²) < 4.78 is 68.7. The van der Waals surface area contributed by atoms with Gasteiger partial charge >= 0.3 is 6.18 Å². The van der Waals surface area contributed by atoms with E-state index >= 15 is 0 Å². The van der Waals surface area contributed by atoms with E-state index in [-0.39, 0.29) is 10.9 Å². The van der Waals surface area contributed by atoms with Crippen LogP contribution in [-0.2, 0) is 22.6 Å². The van der Waals surface area contributed by atoms with Gasteiger partial charge in [0.1, 0.15) is 0 Å². The molecule has 0 aromatic heterocycles. The number of fused-ring (bicyclic) bond motifs is 1. The van der Waals surface area contributed by atoms with Gasteiger partial charge in [0, 0.05) is 31.9 Å². The van der Waals surface area contributed by atoms with Gasteiger partial charge in [0.15, 0.2) is 0 Å². The number of hydrogen-bond acceptors (Lipinski definition) is 3. The molecule has 1 aliphatic heterocycles. The third-order valence-electron chi connectivity index (χ3n) is 6.14. The molecule has 30 heavy (non-hydrogen) atoms. The quantitative estimate of drug-likeness (QED) is 0.674. The summed E-state index contributed by atoms with van der Waals surface area (Å²) in [5.41, 5.74) is 1.42. The second-order valence-corrected chi connectivity index (χ2v) is 10.0. The van der Waals surface area contributed by atoms with E-state index in [0.29, 0.717) is 25.2 Å². The molecular formula is C22H25F3N2O2S. The highest BCUT2D eigenvalue weighted by atomic mass is 32.2. The summed E-state index contributed by atoms with van der Waals surface area (Å²) in [5.74, 6) is 0. The van der Waals surface area contributed by atoms with Crippen molar-refractivity contribution in [3.8, 4) is 0 Å². The second-order valence-electron chi connectivity index (χ2n) is 8.04. The lowest BCUT2D eigenvalue weighted by Crippen LogP contribution is -2.33. The van der Waals surface area contributed by atoms with Crippen LogP contribution in [0.4, 0.5) is 18.9 Å². The largest absolute Gasteiger partial charge is 0.416 e. The van der Waals surface area contributed by atoms with Crippen molar-refractivity contribution in [3.63, 3.8) is 0 Å². The van der Waals surface area contributed by atoms with Gasteiger partial charge in [-0.05, 0) is 61.4 Å². The molecule has 162 valence electrons. The third-order valence-corrected chi connectivity index (χ3v) is 7.99. The molecule has 8 heteroatoms. The number of benzene rings is 2. The number of rotatable bonds is 4. The van der Waals surface area contributed by atoms with Crippen molar-refractivity contribution >= 4 is 15.7 Å². The minimum absolute atomic E-state index is 0.301. The van der Waals surface area contributed by atoms with Gasteiger partial charge in [0.25, 0.3) is 0 Å². The Morgan fingerprint density at radius 1 is 1.03 bits per heavy atom. The molecular weight excluding hydrogens is 413 g/mol. The fourth-order valence-corrected chi connectivity index (χ4v) is 5.93. The number of halogens is 3. The van der Waals surface area contributed by atoms with Crippen LogP contribution >= 0.6 is 0 Å². The van der Waals surface area contributed by atoms with Crippen LogP contribution in [-0.4, -0.2) is 32.9 Å². The number of alkyl halides is 3. The van der Waals surface area contributed by atoms with Crippen LogP contribution < -0.4 is 4.90 Å². The molecule has 0 spiro atoms. The maximum atomic E-state index is 13.5. The lowest BCUT2D eigenvalue weighted by Gasteiger charge is -2.33. The zero-order valence-corrected chi connectivity index (χ0v) is 17.6. The summed E-state index contributed by atoms with van der Waals surface area (Å²) in [4.78, 5) is 1.52. The van der Waals surface area contributed by atoms with Gasteiger partial charge in [0.05, 0.1) is 10.5 Å². The Bertz CT molecular complexity index is 1030. The first kappa shape index (κ1) is 21.2. The van der Waals surface area contributed by atoms with Gasteiger partial charge in [-0.2, -0.15) is 17.5 Å². The Balaban J connectivity index is 1.76. The molecule has 1 aliphatic carbocycles. The second kappa shape index (κ2) is 7.89. The van der Waals surface area contributed by atoms with Crippen molar-refractivity contribution in [1.82, 2.24) is 4.31 Å². The molecule has 1 atom stereocenters. The van der Waals surface area contributed by atoms with Crippen LogP contribution in [0.15, 0.2) is 47.4 Å². The smallest absolute Gasteiger partial charge is 0.371 e. The van der Waals surface area contributed by atoms with Gasteiger partial charge in [-0.25, -0.2) is 8.42 Å². The summed E-state index contributed by atoms with van der Waals surface area (Å²) in [6.45, 7) is 1.26. The van der Waals surface area contributed by atoms with Crippen LogP contribution in [0, 0.1) is 0 Å². The number of aryl methyl sites for hydroxylation is 1. The SMILES string of the molecule is CN([C@@H]1CCCc2ccccc21)S(=O)(=O)c1cc(N2CCCC2)cc(C(F)(F)F)c1. The van der Waals surface area contributed by atoms with E-state index in [1.807, 2.05) is 29.2 Å². The van der Waals surface area contributed by atoms with E-state index < -0.39 is 21.8 Å². The number of sulfonamides is 1. The Hall–Kier alpha value is -2.06. The Morgan fingerprint density at radius 2 is 1.73 bits per heavy atom. The molecule has 0 saturated carbocycles. The van der Waals surface area contributed by atoms with Crippen molar-refractivity contribution in [2.45, 2.75) is 49.2 Å². The molecule has 1 fully saturated rings. The predicted octanol–water partition coefficient (Wildman–Crippen LogP) is 5.00. The Labute approximate surface area is 175 Å². The number of nitrogens with zero attached hydrogens (tertiary/aromatic N) is 2. The molecule has 0 N–H and O–H groups in total. The minimum atomic E-state index is -4.62. The van der Waals surface area contributed by atoms with Gasteiger partial charge in [-0.15, -0.1) is 0 Å². The lowest BCUT2D eigenvalue weighted by atomic mass is 9.88. The Morgan fingerprint density at radius 3 is 2.43 bits per heavy atom. The van der Waals surface area contributed by atoms with E-state index in [9.17, 15) is 21.6 Å². The molecule has 2 aromatic rings. The van der Waals surface area contributed by atoms with Crippen LogP contribution in [0.3, 0.4) is 0 Å². The fraction of sp³-hybridized carbons (Fsp3) is 0.455. The van der Waals surface area contributed by atoms with E-state index in [2.05, 4.69) is 0 Å². The summed E-state index contributed by atoms with van der Waals surface area (Å²) in [6.07, 6.45) is -0.485. The summed E-state index contributed by atoms with van der Waals surface area (Å²) in [5, 5.41) is 0. The third kappa shape index (κ3) is 3.95. The molecule has 0 unspecified atom stereocenters. The molecule has 2 aliphatic rings. The summed E-state index contributed by atoms with van der Waals surface area (Å²) in [7, 11) is -2.64. The van der Waals surface area contributed by atoms with Gasteiger partial charge in [-0.1, -0.05) is 24.3 Å². The van der Waals surface area contributed by atoms with Gasteiger partial charge in [0.2, 0.25) is 10.0 Å². The van der Waals surface area contributed by atoms with Crippen LogP contribution in [0.5, 0.6) is 0 Å². The molecule has 0 radical (unpaired) electrons. The van der Waals surface area contributed by atoms with Gasteiger partial charge < -0.3 is 4.90 Å². The van der Waals surface area contributed by atoms with Crippen LogP contribution in [0.25, 0.3) is 0 Å². The fourth-order valence-electron chi connectivity index (χ4n) is 4.49. The average molecular weight is 439 g/mol. The number of anilines is 1. The highest BCUT2D eigenvalue weighted by molar-refractivity contribution is 7.89. The first-order valence-electron chi connectivity index (χ1n) is 10.2. The average Bonchev–Trinajstić information content (AvgIpc) is 3.27. The van der Waals surface area contributed by atoms with E-state index in [4.69, 9.17) is 0 Å².